The Morgan fingerprint density at radius 2 is 2.00 bits per heavy atom. The van der Waals surface area contributed by atoms with Crippen LogP contribution in [0.2, 0.25) is 0 Å². The molecule has 22 heavy (non-hydrogen) atoms. The van der Waals surface area contributed by atoms with Gasteiger partial charge in [0.15, 0.2) is 0 Å². The number of likely N-dealkylation sites (tertiary alicyclic amines) is 1. The SMILES string of the molecule is OC1CCCN(CC(O)COc2ccc3ccccc3c2)C1. The van der Waals surface area contributed by atoms with Gasteiger partial charge in [-0.15, -0.1) is 0 Å². The van der Waals surface area contributed by atoms with Crippen LogP contribution in [0.25, 0.3) is 10.8 Å². The Morgan fingerprint density at radius 3 is 2.82 bits per heavy atom. The fraction of sp³-hybridized carbons (Fsp3) is 0.444. The fourth-order valence-corrected chi connectivity index (χ4v) is 3.00. The molecule has 0 aromatic heterocycles. The van der Waals surface area contributed by atoms with E-state index in [-0.39, 0.29) is 12.7 Å². The van der Waals surface area contributed by atoms with Crippen LogP contribution in [0.3, 0.4) is 0 Å². The number of ether oxygens (including phenoxy) is 1. The molecule has 3 rings (SSSR count). The molecular weight excluding hydrogens is 278 g/mol. The van der Waals surface area contributed by atoms with Crippen LogP contribution in [0.5, 0.6) is 5.75 Å². The van der Waals surface area contributed by atoms with Crippen LogP contribution >= 0.6 is 0 Å². The molecule has 2 aromatic rings. The highest BCUT2D eigenvalue weighted by Gasteiger charge is 2.20. The van der Waals surface area contributed by atoms with Crippen LogP contribution in [0.1, 0.15) is 12.8 Å². The standard InChI is InChI=1S/C18H23NO3/c20-16-6-3-9-19(11-16)12-17(21)13-22-18-8-7-14-4-1-2-5-15(14)10-18/h1-2,4-5,7-8,10,16-17,20-21H,3,6,9,11-13H2. The van der Waals surface area contributed by atoms with Crippen molar-refractivity contribution in [2.24, 2.45) is 0 Å². The average molecular weight is 301 g/mol. The van der Waals surface area contributed by atoms with Crippen LogP contribution in [-0.4, -0.2) is 53.6 Å². The molecule has 2 N–H and O–H groups in total. The number of hydrogen-bond donors (Lipinski definition) is 2. The fourth-order valence-electron chi connectivity index (χ4n) is 3.00. The first-order valence-electron chi connectivity index (χ1n) is 7.91. The maximum Gasteiger partial charge on any atom is 0.120 e. The predicted octanol–water partition coefficient (Wildman–Crippen LogP) is 2.04. The number of β-amino-alcohol motifs (C(OH)–C–C–N with tert-alkyl or cyclic N) is 2. The summed E-state index contributed by atoms with van der Waals surface area (Å²) < 4.78 is 5.71. The van der Waals surface area contributed by atoms with Crippen molar-refractivity contribution in [1.29, 1.82) is 0 Å². The highest BCUT2D eigenvalue weighted by Crippen LogP contribution is 2.20. The van der Waals surface area contributed by atoms with Gasteiger partial charge in [-0.05, 0) is 42.3 Å². The van der Waals surface area contributed by atoms with Gasteiger partial charge in [-0.1, -0.05) is 30.3 Å². The van der Waals surface area contributed by atoms with E-state index in [4.69, 9.17) is 4.74 Å². The summed E-state index contributed by atoms with van der Waals surface area (Å²) in [7, 11) is 0. The molecule has 2 atom stereocenters. The average Bonchev–Trinajstić information content (AvgIpc) is 2.53. The van der Waals surface area contributed by atoms with Crippen molar-refractivity contribution in [2.45, 2.75) is 25.0 Å². The first-order valence-corrected chi connectivity index (χ1v) is 7.91. The number of fused-ring (bicyclic) bond motifs is 1. The minimum atomic E-state index is -0.545. The molecule has 4 nitrogen and oxygen atoms in total. The Kier molecular flexibility index (Phi) is 4.93. The van der Waals surface area contributed by atoms with Crippen LogP contribution in [-0.2, 0) is 0 Å². The lowest BCUT2D eigenvalue weighted by molar-refractivity contribution is 0.0243. The molecule has 0 saturated carbocycles. The van der Waals surface area contributed by atoms with Crippen molar-refractivity contribution >= 4 is 10.8 Å². The molecule has 1 aliphatic rings. The molecule has 1 fully saturated rings. The number of hydrogen-bond acceptors (Lipinski definition) is 4. The second-order valence-corrected chi connectivity index (χ2v) is 6.03. The van der Waals surface area contributed by atoms with Crippen LogP contribution < -0.4 is 4.74 Å². The molecule has 1 aliphatic heterocycles. The summed E-state index contributed by atoms with van der Waals surface area (Å²) >= 11 is 0. The van der Waals surface area contributed by atoms with E-state index in [0.29, 0.717) is 13.1 Å². The van der Waals surface area contributed by atoms with Crippen molar-refractivity contribution in [2.75, 3.05) is 26.2 Å². The maximum absolute atomic E-state index is 10.1. The van der Waals surface area contributed by atoms with E-state index in [1.807, 2.05) is 36.4 Å². The zero-order chi connectivity index (χ0) is 15.4. The highest BCUT2D eigenvalue weighted by molar-refractivity contribution is 5.83. The maximum atomic E-state index is 10.1. The second-order valence-electron chi connectivity index (χ2n) is 6.03. The van der Waals surface area contributed by atoms with E-state index in [0.717, 1.165) is 30.5 Å². The summed E-state index contributed by atoms with van der Waals surface area (Å²) in [4.78, 5) is 2.10. The van der Waals surface area contributed by atoms with Crippen molar-refractivity contribution in [1.82, 2.24) is 4.90 Å². The molecule has 0 bridgehead atoms. The third kappa shape index (κ3) is 3.97. The zero-order valence-corrected chi connectivity index (χ0v) is 12.7. The largest absolute Gasteiger partial charge is 0.491 e. The molecule has 0 spiro atoms. The first kappa shape index (κ1) is 15.3. The molecular formula is C18H23NO3. The van der Waals surface area contributed by atoms with Crippen molar-refractivity contribution in [3.8, 4) is 5.75 Å². The summed E-state index contributed by atoms with van der Waals surface area (Å²) in [6, 6.07) is 14.1. The van der Waals surface area contributed by atoms with Gasteiger partial charge < -0.3 is 14.9 Å². The van der Waals surface area contributed by atoms with E-state index in [2.05, 4.69) is 11.0 Å². The summed E-state index contributed by atoms with van der Waals surface area (Å²) in [5.74, 6) is 0.774. The minimum absolute atomic E-state index is 0.262. The van der Waals surface area contributed by atoms with E-state index in [1.165, 1.54) is 5.39 Å². The Balaban J connectivity index is 1.52. The van der Waals surface area contributed by atoms with Gasteiger partial charge in [0.2, 0.25) is 0 Å². The van der Waals surface area contributed by atoms with Crippen molar-refractivity contribution < 1.29 is 14.9 Å². The van der Waals surface area contributed by atoms with Gasteiger partial charge in [0.05, 0.1) is 6.10 Å². The second kappa shape index (κ2) is 7.09. The molecule has 0 amide bonds. The number of rotatable bonds is 5. The van der Waals surface area contributed by atoms with Crippen molar-refractivity contribution in [3.63, 3.8) is 0 Å². The number of aliphatic hydroxyl groups excluding tert-OH is 2. The number of aliphatic hydroxyl groups is 2. The van der Waals surface area contributed by atoms with Gasteiger partial charge in [-0.3, -0.25) is 4.90 Å². The third-order valence-electron chi connectivity index (χ3n) is 4.11. The molecule has 1 heterocycles. The summed E-state index contributed by atoms with van der Waals surface area (Å²) in [5.41, 5.74) is 0. The quantitative estimate of drug-likeness (QED) is 0.887. The lowest BCUT2D eigenvalue weighted by atomic mass is 10.1. The van der Waals surface area contributed by atoms with Crippen LogP contribution in [0, 0.1) is 0 Å². The van der Waals surface area contributed by atoms with E-state index >= 15 is 0 Å². The van der Waals surface area contributed by atoms with Crippen molar-refractivity contribution in [3.05, 3.63) is 42.5 Å². The van der Waals surface area contributed by atoms with Gasteiger partial charge in [0.25, 0.3) is 0 Å². The summed E-state index contributed by atoms with van der Waals surface area (Å²) in [6.45, 7) is 2.40. The predicted molar refractivity (Wildman–Crippen MR) is 87.1 cm³/mol. The van der Waals surface area contributed by atoms with Gasteiger partial charge in [0, 0.05) is 13.1 Å². The Labute approximate surface area is 130 Å². The van der Waals surface area contributed by atoms with Gasteiger partial charge in [0.1, 0.15) is 18.5 Å². The first-order chi connectivity index (χ1) is 10.7. The molecule has 2 aromatic carbocycles. The summed E-state index contributed by atoms with van der Waals surface area (Å²) in [6.07, 6.45) is 1.04. The van der Waals surface area contributed by atoms with Gasteiger partial charge in [-0.2, -0.15) is 0 Å². The van der Waals surface area contributed by atoms with E-state index in [9.17, 15) is 10.2 Å². The van der Waals surface area contributed by atoms with Crippen LogP contribution in [0.4, 0.5) is 0 Å². The molecule has 1 saturated heterocycles. The zero-order valence-electron chi connectivity index (χ0n) is 12.7. The normalized spacial score (nSPS) is 20.9. The Morgan fingerprint density at radius 1 is 1.18 bits per heavy atom. The topological polar surface area (TPSA) is 52.9 Å². The molecule has 2 unspecified atom stereocenters. The lowest BCUT2D eigenvalue weighted by Crippen LogP contribution is -2.43. The molecule has 0 aliphatic carbocycles. The number of benzene rings is 2. The molecule has 0 radical (unpaired) electrons. The van der Waals surface area contributed by atoms with Gasteiger partial charge in [-0.25, -0.2) is 0 Å². The summed E-state index contributed by atoms with van der Waals surface area (Å²) in [5, 5.41) is 22.1. The lowest BCUT2D eigenvalue weighted by Gasteiger charge is -2.31. The van der Waals surface area contributed by atoms with E-state index < -0.39 is 6.10 Å². The molecule has 118 valence electrons. The highest BCUT2D eigenvalue weighted by atomic mass is 16.5. The van der Waals surface area contributed by atoms with Gasteiger partial charge >= 0.3 is 0 Å². The molecule has 4 heteroatoms. The van der Waals surface area contributed by atoms with E-state index in [1.54, 1.807) is 0 Å². The Hall–Kier alpha value is -1.62. The monoisotopic (exact) mass is 301 g/mol. The smallest absolute Gasteiger partial charge is 0.120 e. The van der Waals surface area contributed by atoms with Crippen LogP contribution in [0.15, 0.2) is 42.5 Å². The number of nitrogens with zero attached hydrogens (tertiary/aromatic N) is 1. The Bertz CT molecular complexity index is 616. The third-order valence-corrected chi connectivity index (χ3v) is 4.11. The minimum Gasteiger partial charge on any atom is -0.491 e. The number of piperidine rings is 1.